The molecule has 2 rings (SSSR count). The van der Waals surface area contributed by atoms with E-state index in [2.05, 4.69) is 18.4 Å². The number of nitrogen functional groups attached to an aromatic ring is 1. The zero-order valence-electron chi connectivity index (χ0n) is 8.78. The highest BCUT2D eigenvalue weighted by Crippen LogP contribution is 2.30. The van der Waals surface area contributed by atoms with Gasteiger partial charge in [0.25, 0.3) is 0 Å². The topological polar surface area (TPSA) is 35.2 Å². The minimum atomic E-state index is 0.730. The maximum absolute atomic E-state index is 5.80. The maximum Gasteiger partial charge on any atom is 0.121 e. The molecule has 2 N–H and O–H groups in total. The Kier molecular flexibility index (Phi) is 2.64. The van der Waals surface area contributed by atoms with E-state index in [1.807, 2.05) is 18.2 Å². The lowest BCUT2D eigenvalue weighted by molar-refractivity contribution is 0.415. The molecule has 2 nitrogen and oxygen atoms in total. The van der Waals surface area contributed by atoms with Crippen LogP contribution in [0, 0.1) is 6.92 Å². The largest absolute Gasteiger partial charge is 0.497 e. The number of ether oxygens (including phenoxy) is 1. The van der Waals surface area contributed by atoms with E-state index in [4.69, 9.17) is 10.5 Å². The van der Waals surface area contributed by atoms with Crippen LogP contribution in [-0.2, 0) is 0 Å². The molecule has 0 aliphatic heterocycles. The first-order valence-electron chi connectivity index (χ1n) is 4.69. The SMILES string of the molecule is COc1cc(N)cc(-c2csc(C)c2)c1. The Balaban J connectivity index is 2.48. The van der Waals surface area contributed by atoms with E-state index in [1.165, 1.54) is 10.4 Å². The lowest BCUT2D eigenvalue weighted by atomic mass is 10.1. The zero-order chi connectivity index (χ0) is 10.8. The van der Waals surface area contributed by atoms with Crippen LogP contribution in [0.15, 0.2) is 29.6 Å². The molecular weight excluding hydrogens is 206 g/mol. The number of benzene rings is 1. The Morgan fingerprint density at radius 1 is 1.13 bits per heavy atom. The van der Waals surface area contributed by atoms with Crippen LogP contribution in [0.25, 0.3) is 11.1 Å². The van der Waals surface area contributed by atoms with Gasteiger partial charge in [-0.2, -0.15) is 0 Å². The van der Waals surface area contributed by atoms with E-state index >= 15 is 0 Å². The summed E-state index contributed by atoms with van der Waals surface area (Å²) in [4.78, 5) is 1.30. The Labute approximate surface area is 93.3 Å². The van der Waals surface area contributed by atoms with Gasteiger partial charge < -0.3 is 10.5 Å². The predicted octanol–water partition coefficient (Wildman–Crippen LogP) is 3.31. The van der Waals surface area contributed by atoms with E-state index < -0.39 is 0 Å². The van der Waals surface area contributed by atoms with Crippen LogP contribution in [0.2, 0.25) is 0 Å². The Morgan fingerprint density at radius 3 is 2.53 bits per heavy atom. The third kappa shape index (κ3) is 2.13. The minimum Gasteiger partial charge on any atom is -0.497 e. The molecule has 2 aromatic rings. The van der Waals surface area contributed by atoms with E-state index in [9.17, 15) is 0 Å². The number of rotatable bonds is 2. The molecule has 1 aromatic heterocycles. The van der Waals surface area contributed by atoms with Gasteiger partial charge in [-0.05, 0) is 41.6 Å². The van der Waals surface area contributed by atoms with Crippen molar-refractivity contribution in [3.05, 3.63) is 34.5 Å². The average molecular weight is 219 g/mol. The summed E-state index contributed by atoms with van der Waals surface area (Å²) in [6, 6.07) is 7.93. The Hall–Kier alpha value is -1.48. The fourth-order valence-corrected chi connectivity index (χ4v) is 2.21. The molecule has 1 heterocycles. The quantitative estimate of drug-likeness (QED) is 0.786. The van der Waals surface area contributed by atoms with E-state index in [1.54, 1.807) is 18.4 Å². The van der Waals surface area contributed by atoms with Gasteiger partial charge in [-0.15, -0.1) is 11.3 Å². The summed E-state index contributed by atoms with van der Waals surface area (Å²) in [7, 11) is 1.65. The standard InChI is InChI=1S/C12H13NOS/c1-8-3-10(7-15-8)9-4-11(13)6-12(5-9)14-2/h3-7H,13H2,1-2H3. The van der Waals surface area contributed by atoms with Crippen molar-refractivity contribution in [1.82, 2.24) is 0 Å². The van der Waals surface area contributed by atoms with Crippen LogP contribution < -0.4 is 10.5 Å². The molecule has 0 atom stereocenters. The average Bonchev–Trinajstić information content (AvgIpc) is 2.64. The third-order valence-electron chi connectivity index (χ3n) is 2.23. The van der Waals surface area contributed by atoms with Gasteiger partial charge in [-0.3, -0.25) is 0 Å². The van der Waals surface area contributed by atoms with Crippen molar-refractivity contribution in [2.75, 3.05) is 12.8 Å². The van der Waals surface area contributed by atoms with Gasteiger partial charge in [0.15, 0.2) is 0 Å². The first-order chi connectivity index (χ1) is 7.19. The molecule has 0 aliphatic rings. The predicted molar refractivity (Wildman–Crippen MR) is 65.5 cm³/mol. The monoisotopic (exact) mass is 219 g/mol. The summed E-state index contributed by atoms with van der Waals surface area (Å²) < 4.78 is 5.19. The van der Waals surface area contributed by atoms with Crippen LogP contribution in [0.4, 0.5) is 5.69 Å². The molecule has 0 spiro atoms. The zero-order valence-corrected chi connectivity index (χ0v) is 9.60. The fraction of sp³-hybridized carbons (Fsp3) is 0.167. The van der Waals surface area contributed by atoms with Crippen LogP contribution in [0.1, 0.15) is 4.88 Å². The van der Waals surface area contributed by atoms with Crippen molar-refractivity contribution in [1.29, 1.82) is 0 Å². The smallest absolute Gasteiger partial charge is 0.121 e. The van der Waals surface area contributed by atoms with Gasteiger partial charge in [0.2, 0.25) is 0 Å². The fourth-order valence-electron chi connectivity index (χ4n) is 1.50. The molecule has 0 saturated carbocycles. The lowest BCUT2D eigenvalue weighted by Gasteiger charge is -2.04. The highest BCUT2D eigenvalue weighted by atomic mass is 32.1. The van der Waals surface area contributed by atoms with Crippen molar-refractivity contribution >= 4 is 17.0 Å². The third-order valence-corrected chi connectivity index (χ3v) is 3.09. The molecule has 0 unspecified atom stereocenters. The maximum atomic E-state index is 5.80. The summed E-state index contributed by atoms with van der Waals surface area (Å²) in [5.74, 6) is 0.800. The first-order valence-corrected chi connectivity index (χ1v) is 5.57. The van der Waals surface area contributed by atoms with Gasteiger partial charge in [-0.25, -0.2) is 0 Å². The van der Waals surface area contributed by atoms with Crippen molar-refractivity contribution in [2.24, 2.45) is 0 Å². The van der Waals surface area contributed by atoms with Crippen molar-refractivity contribution in [3.8, 4) is 16.9 Å². The molecule has 0 bridgehead atoms. The molecule has 0 radical (unpaired) electrons. The molecule has 1 aromatic carbocycles. The molecule has 0 fully saturated rings. The number of nitrogens with two attached hydrogens (primary N) is 1. The van der Waals surface area contributed by atoms with E-state index in [0.29, 0.717) is 0 Å². The molecule has 0 aliphatic carbocycles. The number of hydrogen-bond acceptors (Lipinski definition) is 3. The minimum absolute atomic E-state index is 0.730. The second kappa shape index (κ2) is 3.95. The molecule has 15 heavy (non-hydrogen) atoms. The van der Waals surface area contributed by atoms with Crippen molar-refractivity contribution < 1.29 is 4.74 Å². The van der Waals surface area contributed by atoms with Gasteiger partial charge in [0, 0.05) is 16.6 Å². The van der Waals surface area contributed by atoms with E-state index in [0.717, 1.165) is 17.0 Å². The van der Waals surface area contributed by atoms with Crippen LogP contribution in [0.5, 0.6) is 5.75 Å². The Bertz CT molecular complexity index is 476. The van der Waals surface area contributed by atoms with Crippen molar-refractivity contribution in [2.45, 2.75) is 6.92 Å². The first kappa shape index (κ1) is 10.1. The second-order valence-corrected chi connectivity index (χ2v) is 4.56. The molecule has 78 valence electrons. The highest BCUT2D eigenvalue weighted by Gasteiger charge is 2.03. The number of methoxy groups -OCH3 is 1. The van der Waals surface area contributed by atoms with Crippen LogP contribution in [0.3, 0.4) is 0 Å². The molecule has 0 saturated heterocycles. The number of aryl methyl sites for hydroxylation is 1. The van der Waals surface area contributed by atoms with Crippen molar-refractivity contribution in [3.63, 3.8) is 0 Å². The van der Waals surface area contributed by atoms with Crippen LogP contribution >= 0.6 is 11.3 Å². The van der Waals surface area contributed by atoms with Gasteiger partial charge in [0.1, 0.15) is 5.75 Å². The molecular formula is C12H13NOS. The lowest BCUT2D eigenvalue weighted by Crippen LogP contribution is -1.89. The molecule has 3 heteroatoms. The summed E-state index contributed by atoms with van der Waals surface area (Å²) in [5.41, 5.74) is 8.84. The van der Waals surface area contributed by atoms with Gasteiger partial charge in [0.05, 0.1) is 7.11 Å². The summed E-state index contributed by atoms with van der Waals surface area (Å²) >= 11 is 1.74. The summed E-state index contributed by atoms with van der Waals surface area (Å²) in [6.07, 6.45) is 0. The number of hydrogen-bond donors (Lipinski definition) is 1. The molecule has 0 amide bonds. The second-order valence-electron chi connectivity index (χ2n) is 3.44. The number of thiophene rings is 1. The number of anilines is 1. The summed E-state index contributed by atoms with van der Waals surface area (Å²) in [6.45, 7) is 2.09. The van der Waals surface area contributed by atoms with Gasteiger partial charge >= 0.3 is 0 Å². The van der Waals surface area contributed by atoms with Gasteiger partial charge in [-0.1, -0.05) is 0 Å². The summed E-state index contributed by atoms with van der Waals surface area (Å²) in [5, 5.41) is 2.13. The normalized spacial score (nSPS) is 10.3. The Morgan fingerprint density at radius 2 is 1.93 bits per heavy atom. The highest BCUT2D eigenvalue weighted by molar-refractivity contribution is 7.10. The van der Waals surface area contributed by atoms with E-state index in [-0.39, 0.29) is 0 Å². The van der Waals surface area contributed by atoms with Crippen LogP contribution in [-0.4, -0.2) is 7.11 Å².